The van der Waals surface area contributed by atoms with Crippen LogP contribution < -0.4 is 37.2 Å². The van der Waals surface area contributed by atoms with Gasteiger partial charge in [0.2, 0.25) is 35.4 Å². The van der Waals surface area contributed by atoms with E-state index in [9.17, 15) is 74.7 Å². The Balaban J connectivity index is 1.74. The van der Waals surface area contributed by atoms with Gasteiger partial charge in [0.25, 0.3) is 0 Å². The number of carbonyl (C=O) groups is 6. The van der Waals surface area contributed by atoms with Gasteiger partial charge in [0.1, 0.15) is 54.7 Å². The first-order valence-corrected chi connectivity index (χ1v) is 32.8. The topological polar surface area (TPSA) is 507 Å². The second kappa shape index (κ2) is 54.6. The fraction of sp³-hybridized carbons (Fsp3) is 0.900. The van der Waals surface area contributed by atoms with Crippen LogP contribution in [0.1, 0.15) is 66.2 Å². The van der Waals surface area contributed by atoms with E-state index in [0.717, 1.165) is 0 Å². The molecule has 37 nitrogen and oxygen atoms in total. The number of hydrogen-bond donors (Lipinski definition) is 16. The molecule has 6 amide bonds. The molecule has 97 heavy (non-hydrogen) atoms. The average molecular weight is 1410 g/mol. The Labute approximate surface area is 566 Å². The Bertz CT molecular complexity index is 2000. The van der Waals surface area contributed by atoms with Crippen molar-refractivity contribution < 1.29 is 146 Å². The summed E-state index contributed by atoms with van der Waals surface area (Å²) in [6.07, 6.45) is -12.3. The van der Waals surface area contributed by atoms with Gasteiger partial charge in [0.05, 0.1) is 159 Å². The summed E-state index contributed by atoms with van der Waals surface area (Å²) in [5.74, 6) is -2.52. The lowest BCUT2D eigenvalue weighted by Crippen LogP contribution is -2.64. The van der Waals surface area contributed by atoms with E-state index < -0.39 is 116 Å². The molecule has 0 aromatic heterocycles. The minimum atomic E-state index is -1.98. The van der Waals surface area contributed by atoms with E-state index in [4.69, 9.17) is 71.1 Å². The van der Waals surface area contributed by atoms with Gasteiger partial charge >= 0.3 is 0 Å². The third kappa shape index (κ3) is 40.2. The van der Waals surface area contributed by atoms with Crippen LogP contribution >= 0.6 is 0 Å². The Morgan fingerprint density at radius 3 is 1.08 bits per heavy atom. The standard InChI is InChI=1S/C60H113N7O30/c1-40(36-68)39-95-57(51(56(81)82)67-43(4)73)92-33-30-89-27-24-86-21-18-83-15-12-62-46(74)6-9-60(61-5,10-7-47(75)63-13-16-84-19-22-87-25-28-90-31-34-93-58-49(65-41(2)71)54(79)52(77)44(37-69)96-58)11-8-48(76)64-14-17-85-20-23-88-26-29-91-32-35-94-59-50(66-42(3)72)55(80)53(78)45(38-70)97-59/h40,44-45,49-59,61,68-70,77-82H,6-39H2,1-5H3,(H,62,74)(H,63,75)(H,64,76)(H,65,71)(H,66,72)(H,67,73)/t40?,44-,45?,49?,50?,51?,52?,53?,54?,55?,57?,58?,59?,60?/m0/s1. The van der Waals surface area contributed by atoms with Gasteiger partial charge in [-0.15, -0.1) is 0 Å². The van der Waals surface area contributed by atoms with Crippen LogP contribution in [0.5, 0.6) is 0 Å². The molecule has 2 heterocycles. The molecular weight excluding hydrogens is 1300 g/mol. The molecule has 2 saturated heterocycles. The first-order chi connectivity index (χ1) is 46.6. The van der Waals surface area contributed by atoms with Gasteiger partial charge in [-0.3, -0.25) is 28.8 Å². The van der Waals surface area contributed by atoms with Crippen molar-refractivity contribution in [1.82, 2.24) is 37.2 Å². The molecule has 0 bridgehead atoms. The van der Waals surface area contributed by atoms with Gasteiger partial charge in [-0.05, 0) is 26.3 Å². The van der Waals surface area contributed by atoms with Gasteiger partial charge < -0.3 is 154 Å². The van der Waals surface area contributed by atoms with Crippen molar-refractivity contribution in [2.24, 2.45) is 5.92 Å². The van der Waals surface area contributed by atoms with Crippen LogP contribution in [0.4, 0.5) is 0 Å². The molecule has 0 saturated carbocycles. The van der Waals surface area contributed by atoms with Crippen LogP contribution in [0.25, 0.3) is 0 Å². The largest absolute Gasteiger partial charge is 0.396 e. The van der Waals surface area contributed by atoms with Crippen LogP contribution in [0.15, 0.2) is 0 Å². The molecule has 14 atom stereocenters. The second-order valence-electron chi connectivity index (χ2n) is 22.7. The maximum atomic E-state index is 13.1. The maximum absolute atomic E-state index is 13.1. The molecule has 0 spiro atoms. The summed E-state index contributed by atoms with van der Waals surface area (Å²) in [6.45, 7) is 8.49. The van der Waals surface area contributed by atoms with Gasteiger partial charge in [-0.1, -0.05) is 6.92 Å². The summed E-state index contributed by atoms with van der Waals surface area (Å²) in [5, 5.41) is 108. The number of rotatable bonds is 60. The first-order valence-electron chi connectivity index (χ1n) is 32.8. The van der Waals surface area contributed by atoms with Crippen molar-refractivity contribution >= 4 is 35.4 Å². The molecule has 2 aliphatic rings. The van der Waals surface area contributed by atoms with Crippen LogP contribution in [0.3, 0.4) is 0 Å². The second-order valence-corrected chi connectivity index (χ2v) is 22.7. The highest BCUT2D eigenvalue weighted by Crippen LogP contribution is 2.27. The lowest BCUT2D eigenvalue weighted by Gasteiger charge is -2.42. The number of aliphatic hydroxyl groups excluding tert-OH is 8. The minimum Gasteiger partial charge on any atom is -0.396 e. The van der Waals surface area contributed by atoms with Crippen molar-refractivity contribution in [3.8, 4) is 0 Å². The lowest BCUT2D eigenvalue weighted by atomic mass is 9.83. The van der Waals surface area contributed by atoms with Crippen molar-refractivity contribution in [2.75, 3.05) is 192 Å². The van der Waals surface area contributed by atoms with Gasteiger partial charge in [-0.2, -0.15) is 0 Å². The monoisotopic (exact) mass is 1410 g/mol. The van der Waals surface area contributed by atoms with Crippen LogP contribution in [-0.4, -0.2) is 359 Å². The van der Waals surface area contributed by atoms with Gasteiger partial charge in [0.15, 0.2) is 25.2 Å². The highest BCUT2D eigenvalue weighted by atomic mass is 16.7. The van der Waals surface area contributed by atoms with Gasteiger partial charge in [-0.25, -0.2) is 0 Å². The van der Waals surface area contributed by atoms with Crippen molar-refractivity contribution in [2.45, 2.75) is 152 Å². The zero-order valence-electron chi connectivity index (χ0n) is 56.7. The summed E-state index contributed by atoms with van der Waals surface area (Å²) in [5.41, 5.74) is -0.792. The molecule has 0 aromatic rings. The first kappa shape index (κ1) is 88.9. The smallest absolute Gasteiger partial charge is 0.220 e. The number of carbonyl (C=O) groups excluding carboxylic acids is 6. The Morgan fingerprint density at radius 2 is 0.784 bits per heavy atom. The number of nitrogens with one attached hydrogen (secondary N) is 7. The normalized spacial score (nSPS) is 22.7. The Hall–Kier alpha value is -4.18. The van der Waals surface area contributed by atoms with E-state index in [-0.39, 0.29) is 214 Å². The van der Waals surface area contributed by atoms with E-state index >= 15 is 0 Å². The van der Waals surface area contributed by atoms with E-state index in [2.05, 4.69) is 37.2 Å². The fourth-order valence-corrected chi connectivity index (χ4v) is 9.47. The highest BCUT2D eigenvalue weighted by molar-refractivity contribution is 5.78. The van der Waals surface area contributed by atoms with Crippen molar-refractivity contribution in [3.05, 3.63) is 0 Å². The molecule has 0 aliphatic carbocycles. The van der Waals surface area contributed by atoms with Crippen LogP contribution in [0, 0.1) is 5.92 Å². The van der Waals surface area contributed by atoms with E-state index in [1.807, 2.05) is 0 Å². The predicted octanol–water partition coefficient (Wildman–Crippen LogP) is -7.49. The summed E-state index contributed by atoms with van der Waals surface area (Å²) in [6, 6.07) is -3.41. The molecule has 16 N–H and O–H groups in total. The lowest BCUT2D eigenvalue weighted by molar-refractivity contribution is -0.272. The molecular formula is C60H113N7O30. The zero-order chi connectivity index (χ0) is 71.6. The molecule has 0 aromatic carbocycles. The summed E-state index contributed by atoms with van der Waals surface area (Å²) in [7, 11) is 1.71. The molecule has 568 valence electrons. The molecule has 2 rings (SSSR count). The summed E-state index contributed by atoms with van der Waals surface area (Å²) in [4.78, 5) is 74.2. The third-order valence-corrected chi connectivity index (χ3v) is 14.8. The predicted molar refractivity (Wildman–Crippen MR) is 336 cm³/mol. The molecule has 0 radical (unpaired) electrons. The summed E-state index contributed by atoms with van der Waals surface area (Å²) < 4.78 is 83.4. The van der Waals surface area contributed by atoms with Crippen LogP contribution in [0.2, 0.25) is 0 Å². The number of hydrogen-bond acceptors (Lipinski definition) is 31. The molecule has 2 fully saturated rings. The van der Waals surface area contributed by atoms with E-state index in [1.54, 1.807) is 14.0 Å². The third-order valence-electron chi connectivity index (χ3n) is 14.8. The van der Waals surface area contributed by atoms with E-state index in [1.165, 1.54) is 20.8 Å². The van der Waals surface area contributed by atoms with Crippen molar-refractivity contribution in [1.29, 1.82) is 0 Å². The quantitative estimate of drug-likeness (QED) is 0.0199. The number of ether oxygens (including phenoxy) is 15. The molecule has 13 unspecified atom stereocenters. The van der Waals surface area contributed by atoms with E-state index in [0.29, 0.717) is 19.3 Å². The molecule has 2 aliphatic heterocycles. The summed E-state index contributed by atoms with van der Waals surface area (Å²) >= 11 is 0. The van der Waals surface area contributed by atoms with Crippen LogP contribution in [-0.2, 0) is 99.8 Å². The SMILES string of the molecule is CNC(CCC(=O)NCCOCCOCCOCCOC(OCC(C)CO)C(NC(C)=O)C(O)O)(CCC(=O)NCCOCCOCCOCCOC1OC(CO)C(O)C(O)C1NC(C)=O)CCC(=O)NCCOCCOCCOCCOC1O[C@@H](CO)C(O)C(O)C1NC(C)=O. The number of aliphatic hydroxyl groups is 9. The Kier molecular flexibility index (Phi) is 50.0. The zero-order valence-corrected chi connectivity index (χ0v) is 56.7. The number of amides is 6. The Morgan fingerprint density at radius 1 is 0.454 bits per heavy atom. The van der Waals surface area contributed by atoms with Gasteiger partial charge in [0, 0.05) is 77.7 Å². The van der Waals surface area contributed by atoms with Crippen molar-refractivity contribution in [3.63, 3.8) is 0 Å². The maximum Gasteiger partial charge on any atom is 0.220 e. The fourth-order valence-electron chi connectivity index (χ4n) is 9.47. The molecule has 37 heteroatoms. The minimum absolute atomic E-state index is 0.0132. The average Bonchev–Trinajstić information content (AvgIpc) is 0.823. The highest BCUT2D eigenvalue weighted by Gasteiger charge is 2.47.